The Kier molecular flexibility index (Phi) is 5.90. The second-order valence-electron chi connectivity index (χ2n) is 6.25. The van der Waals surface area contributed by atoms with Crippen molar-refractivity contribution in [3.8, 4) is 5.75 Å². The Morgan fingerprint density at radius 3 is 2.60 bits per heavy atom. The van der Waals surface area contributed by atoms with Crippen LogP contribution < -0.4 is 10.1 Å². The zero-order chi connectivity index (χ0) is 14.4. The number of hydrogen-bond donors (Lipinski definition) is 1. The molecule has 0 amide bonds. The van der Waals surface area contributed by atoms with Crippen LogP contribution in [-0.4, -0.2) is 19.7 Å². The quantitative estimate of drug-likeness (QED) is 0.846. The van der Waals surface area contributed by atoms with Crippen LogP contribution in [-0.2, 0) is 6.42 Å². The van der Waals surface area contributed by atoms with Crippen molar-refractivity contribution in [3.63, 3.8) is 0 Å². The minimum absolute atomic E-state index is 0.621. The van der Waals surface area contributed by atoms with Gasteiger partial charge in [-0.25, -0.2) is 0 Å². The molecule has 1 aliphatic carbocycles. The molecule has 112 valence electrons. The minimum Gasteiger partial charge on any atom is -0.497 e. The topological polar surface area (TPSA) is 21.3 Å². The maximum absolute atomic E-state index is 5.24. The van der Waals surface area contributed by atoms with Gasteiger partial charge < -0.3 is 10.1 Å². The molecule has 1 fully saturated rings. The van der Waals surface area contributed by atoms with E-state index in [0.29, 0.717) is 6.04 Å². The highest BCUT2D eigenvalue weighted by Gasteiger charge is 2.26. The molecule has 1 saturated carbocycles. The van der Waals surface area contributed by atoms with Gasteiger partial charge in [0.05, 0.1) is 7.11 Å². The van der Waals surface area contributed by atoms with Crippen LogP contribution in [0.1, 0.15) is 45.1 Å². The summed E-state index contributed by atoms with van der Waals surface area (Å²) in [6.45, 7) is 5.68. The van der Waals surface area contributed by atoms with Crippen LogP contribution in [0.2, 0.25) is 0 Å². The monoisotopic (exact) mass is 275 g/mol. The average molecular weight is 275 g/mol. The Balaban J connectivity index is 2.00. The number of benzene rings is 1. The lowest BCUT2D eigenvalue weighted by Crippen LogP contribution is -2.40. The first-order valence-electron chi connectivity index (χ1n) is 8.09. The second-order valence-corrected chi connectivity index (χ2v) is 6.25. The SMILES string of the molecule is CCNC(Cc1ccc(OC)cc1)C1CCCC(C)C1. The third-order valence-electron chi connectivity index (χ3n) is 4.63. The molecule has 2 rings (SSSR count). The molecular weight excluding hydrogens is 246 g/mol. The molecule has 1 aromatic carbocycles. The van der Waals surface area contributed by atoms with Crippen molar-refractivity contribution in [2.75, 3.05) is 13.7 Å². The van der Waals surface area contributed by atoms with Gasteiger partial charge in [-0.3, -0.25) is 0 Å². The van der Waals surface area contributed by atoms with E-state index >= 15 is 0 Å². The Morgan fingerprint density at radius 1 is 1.25 bits per heavy atom. The van der Waals surface area contributed by atoms with Crippen LogP contribution in [0.3, 0.4) is 0 Å². The number of nitrogens with one attached hydrogen (secondary N) is 1. The fourth-order valence-electron chi connectivity index (χ4n) is 3.53. The highest BCUT2D eigenvalue weighted by molar-refractivity contribution is 5.27. The van der Waals surface area contributed by atoms with Gasteiger partial charge in [0.15, 0.2) is 0 Å². The van der Waals surface area contributed by atoms with Crippen molar-refractivity contribution < 1.29 is 4.74 Å². The molecular formula is C18H29NO. The van der Waals surface area contributed by atoms with Gasteiger partial charge in [0.2, 0.25) is 0 Å². The largest absolute Gasteiger partial charge is 0.497 e. The molecule has 1 aromatic rings. The first-order valence-corrected chi connectivity index (χ1v) is 8.09. The molecule has 0 saturated heterocycles. The Hall–Kier alpha value is -1.02. The van der Waals surface area contributed by atoms with Crippen molar-refractivity contribution in [2.24, 2.45) is 11.8 Å². The van der Waals surface area contributed by atoms with Crippen LogP contribution in [0.5, 0.6) is 5.75 Å². The average Bonchev–Trinajstić information content (AvgIpc) is 2.47. The second kappa shape index (κ2) is 7.68. The summed E-state index contributed by atoms with van der Waals surface area (Å²) >= 11 is 0. The lowest BCUT2D eigenvalue weighted by atomic mass is 9.77. The summed E-state index contributed by atoms with van der Waals surface area (Å²) in [4.78, 5) is 0. The summed E-state index contributed by atoms with van der Waals surface area (Å²) in [5.41, 5.74) is 1.41. The molecule has 2 heteroatoms. The molecule has 1 aliphatic rings. The van der Waals surface area contributed by atoms with E-state index in [4.69, 9.17) is 4.74 Å². The van der Waals surface area contributed by atoms with E-state index < -0.39 is 0 Å². The molecule has 1 N–H and O–H groups in total. The Morgan fingerprint density at radius 2 is 2.00 bits per heavy atom. The van der Waals surface area contributed by atoms with E-state index in [9.17, 15) is 0 Å². The van der Waals surface area contributed by atoms with Crippen LogP contribution in [0.25, 0.3) is 0 Å². The van der Waals surface area contributed by atoms with E-state index in [1.54, 1.807) is 7.11 Å². The zero-order valence-corrected chi connectivity index (χ0v) is 13.2. The minimum atomic E-state index is 0.621. The number of likely N-dealkylation sites (N-methyl/N-ethyl adjacent to an activating group) is 1. The van der Waals surface area contributed by atoms with Crippen molar-refractivity contribution >= 4 is 0 Å². The van der Waals surface area contributed by atoms with Crippen LogP contribution in [0.4, 0.5) is 0 Å². The summed E-state index contributed by atoms with van der Waals surface area (Å²) in [5, 5.41) is 3.72. The smallest absolute Gasteiger partial charge is 0.118 e. The Labute approximate surface area is 123 Å². The van der Waals surface area contributed by atoms with Gasteiger partial charge in [0.1, 0.15) is 5.75 Å². The number of rotatable bonds is 6. The highest BCUT2D eigenvalue weighted by atomic mass is 16.5. The summed E-state index contributed by atoms with van der Waals surface area (Å²) in [7, 11) is 1.72. The number of methoxy groups -OCH3 is 1. The fraction of sp³-hybridized carbons (Fsp3) is 0.667. The van der Waals surface area contributed by atoms with Crippen LogP contribution in [0.15, 0.2) is 24.3 Å². The van der Waals surface area contributed by atoms with Crippen molar-refractivity contribution in [1.29, 1.82) is 0 Å². The van der Waals surface area contributed by atoms with E-state index in [-0.39, 0.29) is 0 Å². The van der Waals surface area contributed by atoms with Gasteiger partial charge in [0, 0.05) is 6.04 Å². The molecule has 3 atom stereocenters. The molecule has 0 heterocycles. The molecule has 0 radical (unpaired) electrons. The van der Waals surface area contributed by atoms with E-state index in [0.717, 1.165) is 30.6 Å². The van der Waals surface area contributed by atoms with Gasteiger partial charge in [-0.2, -0.15) is 0 Å². The molecule has 0 spiro atoms. The van der Waals surface area contributed by atoms with Crippen molar-refractivity contribution in [3.05, 3.63) is 29.8 Å². The predicted octanol–water partition coefficient (Wildman–Crippen LogP) is 4.04. The van der Waals surface area contributed by atoms with E-state index in [2.05, 4.69) is 43.4 Å². The lowest BCUT2D eigenvalue weighted by molar-refractivity contribution is 0.222. The highest BCUT2D eigenvalue weighted by Crippen LogP contribution is 2.32. The third kappa shape index (κ3) is 4.24. The first-order chi connectivity index (χ1) is 9.72. The summed E-state index contributed by atoms with van der Waals surface area (Å²) in [6, 6.07) is 9.17. The molecule has 0 aliphatic heterocycles. The number of hydrogen-bond acceptors (Lipinski definition) is 2. The van der Waals surface area contributed by atoms with Gasteiger partial charge in [-0.1, -0.05) is 38.8 Å². The molecule has 0 bridgehead atoms. The lowest BCUT2D eigenvalue weighted by Gasteiger charge is -2.34. The van der Waals surface area contributed by atoms with Gasteiger partial charge in [-0.15, -0.1) is 0 Å². The van der Waals surface area contributed by atoms with Crippen molar-refractivity contribution in [2.45, 2.75) is 52.0 Å². The van der Waals surface area contributed by atoms with Crippen molar-refractivity contribution in [1.82, 2.24) is 5.32 Å². The van der Waals surface area contributed by atoms with Gasteiger partial charge >= 0.3 is 0 Å². The summed E-state index contributed by atoms with van der Waals surface area (Å²) < 4.78 is 5.24. The first kappa shape index (κ1) is 15.4. The third-order valence-corrected chi connectivity index (χ3v) is 4.63. The maximum Gasteiger partial charge on any atom is 0.118 e. The maximum atomic E-state index is 5.24. The molecule has 20 heavy (non-hydrogen) atoms. The Bertz CT molecular complexity index is 387. The van der Waals surface area contributed by atoms with Crippen LogP contribution in [0, 0.1) is 11.8 Å². The molecule has 0 aromatic heterocycles. The van der Waals surface area contributed by atoms with Gasteiger partial charge in [0.25, 0.3) is 0 Å². The summed E-state index contributed by atoms with van der Waals surface area (Å²) in [6.07, 6.45) is 6.72. The van der Waals surface area contributed by atoms with Crippen LogP contribution >= 0.6 is 0 Å². The van der Waals surface area contributed by atoms with E-state index in [1.807, 2.05) is 0 Å². The van der Waals surface area contributed by atoms with E-state index in [1.165, 1.54) is 31.2 Å². The molecule has 2 nitrogen and oxygen atoms in total. The predicted molar refractivity (Wildman–Crippen MR) is 85.3 cm³/mol. The zero-order valence-electron chi connectivity index (χ0n) is 13.2. The molecule has 3 unspecified atom stereocenters. The van der Waals surface area contributed by atoms with Gasteiger partial charge in [-0.05, 0) is 55.3 Å². The summed E-state index contributed by atoms with van der Waals surface area (Å²) in [5.74, 6) is 2.67. The fourth-order valence-corrected chi connectivity index (χ4v) is 3.53. The number of ether oxygens (including phenoxy) is 1. The standard InChI is InChI=1S/C18H29NO/c1-4-19-18(16-7-5-6-14(2)12-16)13-15-8-10-17(20-3)11-9-15/h8-11,14,16,18-19H,4-7,12-13H2,1-3H3. The normalized spacial score (nSPS) is 24.4.